The van der Waals surface area contributed by atoms with E-state index in [1.165, 1.54) is 24.3 Å². The molecular weight excluding hydrogens is 328 g/mol. The van der Waals surface area contributed by atoms with E-state index in [1.54, 1.807) is 12.1 Å². The van der Waals surface area contributed by atoms with Crippen LogP contribution >= 0.6 is 0 Å². The molecule has 0 spiro atoms. The fraction of sp³-hybridized carbons (Fsp3) is 0.316. The van der Waals surface area contributed by atoms with Gasteiger partial charge in [0, 0.05) is 29.5 Å². The van der Waals surface area contributed by atoms with Gasteiger partial charge in [-0.3, -0.25) is 4.79 Å². The summed E-state index contributed by atoms with van der Waals surface area (Å²) in [5.41, 5.74) is 1.54. The topological polar surface area (TPSA) is 47.6 Å². The molecular formula is C19H15F2NO3. The molecule has 5 rings (SSSR count). The van der Waals surface area contributed by atoms with Gasteiger partial charge in [-0.05, 0) is 24.3 Å². The molecule has 1 fully saturated rings. The number of ether oxygens (including phenoxy) is 2. The largest absolute Gasteiger partial charge is 0.493 e. The highest BCUT2D eigenvalue weighted by atomic mass is 19.1. The van der Waals surface area contributed by atoms with Gasteiger partial charge in [0.25, 0.3) is 0 Å². The van der Waals surface area contributed by atoms with E-state index in [1.807, 2.05) is 0 Å². The Morgan fingerprint density at radius 1 is 1.04 bits per heavy atom. The lowest BCUT2D eigenvalue weighted by atomic mass is 10.00. The molecule has 0 aromatic heterocycles. The number of fused-ring (bicyclic) bond motifs is 4. The summed E-state index contributed by atoms with van der Waals surface area (Å²) in [6.07, 6.45) is 0.405. The highest BCUT2D eigenvalue weighted by Crippen LogP contribution is 2.58. The maximum Gasteiger partial charge on any atom is 0.228 e. The molecule has 2 aromatic carbocycles. The van der Waals surface area contributed by atoms with E-state index in [0.717, 1.165) is 11.1 Å². The molecule has 4 nitrogen and oxygen atoms in total. The molecule has 4 unspecified atom stereocenters. The predicted octanol–water partition coefficient (Wildman–Crippen LogP) is 3.08. The lowest BCUT2D eigenvalue weighted by Gasteiger charge is -2.27. The van der Waals surface area contributed by atoms with Gasteiger partial charge in [0.05, 0.1) is 18.6 Å². The second-order valence-electron chi connectivity index (χ2n) is 6.70. The van der Waals surface area contributed by atoms with Crippen LogP contribution in [0.25, 0.3) is 0 Å². The molecule has 3 aliphatic rings. The zero-order valence-electron chi connectivity index (χ0n) is 13.2. The Morgan fingerprint density at radius 3 is 2.72 bits per heavy atom. The summed E-state index contributed by atoms with van der Waals surface area (Å²) >= 11 is 0. The second kappa shape index (κ2) is 5.18. The number of hydrogen-bond acceptors (Lipinski definition) is 3. The number of amides is 1. The normalized spacial score (nSPS) is 28.1. The lowest BCUT2D eigenvalue weighted by Crippen LogP contribution is -2.34. The van der Waals surface area contributed by atoms with Crippen LogP contribution in [0.1, 0.15) is 29.5 Å². The van der Waals surface area contributed by atoms with Gasteiger partial charge in [-0.2, -0.15) is 0 Å². The Hall–Kier alpha value is -2.63. The number of nitrogens with one attached hydrogen (secondary N) is 1. The summed E-state index contributed by atoms with van der Waals surface area (Å²) in [5.74, 6) is -0.0705. The number of benzene rings is 2. The summed E-state index contributed by atoms with van der Waals surface area (Å²) in [5, 5.41) is 3.02. The average molecular weight is 343 g/mol. The molecule has 25 heavy (non-hydrogen) atoms. The van der Waals surface area contributed by atoms with Crippen molar-refractivity contribution in [2.24, 2.45) is 5.92 Å². The first-order chi connectivity index (χ1) is 12.1. The average Bonchev–Trinajstić information content (AvgIpc) is 3.19. The Balaban J connectivity index is 1.34. The molecule has 0 bridgehead atoms. The highest BCUT2D eigenvalue weighted by Gasteiger charge is 2.62. The SMILES string of the molecule is O=C(NC1CCOc2cc(F)ccc21)C1C2Oc3ccc(F)cc3C21. The predicted molar refractivity (Wildman–Crippen MR) is 84.4 cm³/mol. The van der Waals surface area contributed by atoms with E-state index in [2.05, 4.69) is 5.32 Å². The number of carbonyl (C=O) groups excluding carboxylic acids is 1. The maximum atomic E-state index is 13.5. The summed E-state index contributed by atoms with van der Waals surface area (Å²) in [7, 11) is 0. The molecule has 2 aromatic rings. The molecule has 0 saturated heterocycles. The van der Waals surface area contributed by atoms with Crippen LogP contribution in [0, 0.1) is 17.6 Å². The first kappa shape index (κ1) is 14.7. The minimum Gasteiger partial charge on any atom is -0.493 e. The van der Waals surface area contributed by atoms with E-state index < -0.39 is 0 Å². The number of hydrogen-bond donors (Lipinski definition) is 1. The van der Waals surface area contributed by atoms with Crippen molar-refractivity contribution in [3.63, 3.8) is 0 Å². The van der Waals surface area contributed by atoms with Gasteiger partial charge >= 0.3 is 0 Å². The molecule has 128 valence electrons. The van der Waals surface area contributed by atoms with Crippen LogP contribution in [-0.2, 0) is 4.79 Å². The van der Waals surface area contributed by atoms with Crippen LogP contribution in [0.5, 0.6) is 11.5 Å². The second-order valence-corrected chi connectivity index (χ2v) is 6.70. The fourth-order valence-corrected chi connectivity index (χ4v) is 3.93. The summed E-state index contributed by atoms with van der Waals surface area (Å²) < 4.78 is 38.0. The zero-order valence-corrected chi connectivity index (χ0v) is 13.2. The Morgan fingerprint density at radius 2 is 1.84 bits per heavy atom. The van der Waals surface area contributed by atoms with Crippen LogP contribution in [0.2, 0.25) is 0 Å². The molecule has 1 saturated carbocycles. The number of carbonyl (C=O) groups is 1. The molecule has 1 N–H and O–H groups in total. The van der Waals surface area contributed by atoms with Crippen molar-refractivity contribution in [3.8, 4) is 11.5 Å². The van der Waals surface area contributed by atoms with Crippen LogP contribution in [0.3, 0.4) is 0 Å². The monoisotopic (exact) mass is 343 g/mol. The molecule has 6 heteroatoms. The van der Waals surface area contributed by atoms with Gasteiger partial charge in [0.2, 0.25) is 5.91 Å². The molecule has 1 amide bonds. The summed E-state index contributed by atoms with van der Waals surface area (Å²) in [6, 6.07) is 8.53. The van der Waals surface area contributed by atoms with E-state index in [4.69, 9.17) is 9.47 Å². The first-order valence-corrected chi connectivity index (χ1v) is 8.30. The molecule has 2 aliphatic heterocycles. The van der Waals surface area contributed by atoms with Crippen LogP contribution in [0.4, 0.5) is 8.78 Å². The van der Waals surface area contributed by atoms with Crippen molar-refractivity contribution in [3.05, 3.63) is 59.2 Å². The van der Waals surface area contributed by atoms with E-state index in [-0.39, 0.29) is 41.5 Å². The third-order valence-electron chi connectivity index (χ3n) is 5.18. The van der Waals surface area contributed by atoms with Gasteiger partial charge < -0.3 is 14.8 Å². The summed E-state index contributed by atoms with van der Waals surface area (Å²) in [4.78, 5) is 12.7. The fourth-order valence-electron chi connectivity index (χ4n) is 3.93. The van der Waals surface area contributed by atoms with E-state index in [0.29, 0.717) is 24.5 Å². The minimum absolute atomic E-state index is 0.0850. The number of rotatable bonds is 2. The Kier molecular flexibility index (Phi) is 3.04. The van der Waals surface area contributed by atoms with Gasteiger partial charge in [-0.1, -0.05) is 6.07 Å². The van der Waals surface area contributed by atoms with E-state index >= 15 is 0 Å². The highest BCUT2D eigenvalue weighted by molar-refractivity contribution is 5.86. The van der Waals surface area contributed by atoms with Gasteiger partial charge in [-0.15, -0.1) is 0 Å². The zero-order chi connectivity index (χ0) is 17.1. The van der Waals surface area contributed by atoms with Crippen molar-refractivity contribution in [2.45, 2.75) is 24.5 Å². The molecule has 2 heterocycles. The molecule has 4 atom stereocenters. The van der Waals surface area contributed by atoms with Crippen molar-refractivity contribution in [1.29, 1.82) is 0 Å². The maximum absolute atomic E-state index is 13.5. The van der Waals surface area contributed by atoms with Gasteiger partial charge in [0.15, 0.2) is 0 Å². The van der Waals surface area contributed by atoms with Crippen molar-refractivity contribution in [1.82, 2.24) is 5.32 Å². The third kappa shape index (κ3) is 2.27. The van der Waals surface area contributed by atoms with Crippen LogP contribution in [0.15, 0.2) is 36.4 Å². The first-order valence-electron chi connectivity index (χ1n) is 8.30. The Bertz CT molecular complexity index is 885. The van der Waals surface area contributed by atoms with Crippen molar-refractivity contribution < 1.29 is 23.0 Å². The number of halogens is 2. The molecule has 1 aliphatic carbocycles. The smallest absolute Gasteiger partial charge is 0.228 e. The van der Waals surface area contributed by atoms with Gasteiger partial charge in [0.1, 0.15) is 29.2 Å². The Labute approximate surface area is 142 Å². The molecule has 0 radical (unpaired) electrons. The summed E-state index contributed by atoms with van der Waals surface area (Å²) in [6.45, 7) is 0.420. The van der Waals surface area contributed by atoms with Crippen molar-refractivity contribution >= 4 is 5.91 Å². The van der Waals surface area contributed by atoms with Gasteiger partial charge in [-0.25, -0.2) is 8.78 Å². The third-order valence-corrected chi connectivity index (χ3v) is 5.18. The standard InChI is InChI=1S/C19H15F2NO3/c20-9-2-4-14-12(7-9)16-17(18(16)25-14)19(23)22-13-5-6-24-15-8-10(21)1-3-11(13)15/h1-4,7-8,13,16-18H,5-6H2,(H,22,23). The van der Waals surface area contributed by atoms with Crippen LogP contribution in [-0.4, -0.2) is 18.6 Å². The lowest BCUT2D eigenvalue weighted by molar-refractivity contribution is -0.124. The van der Waals surface area contributed by atoms with Crippen molar-refractivity contribution in [2.75, 3.05) is 6.61 Å². The quantitative estimate of drug-likeness (QED) is 0.912. The minimum atomic E-state index is -0.366. The van der Waals surface area contributed by atoms with E-state index in [9.17, 15) is 13.6 Å². The van der Waals surface area contributed by atoms with Crippen LogP contribution < -0.4 is 14.8 Å².